The predicted octanol–water partition coefficient (Wildman–Crippen LogP) is 3.85. The van der Waals surface area contributed by atoms with Gasteiger partial charge in [-0.3, -0.25) is 14.9 Å². The summed E-state index contributed by atoms with van der Waals surface area (Å²) in [5, 5.41) is 24.8. The van der Waals surface area contributed by atoms with Crippen LogP contribution in [-0.2, 0) is 4.79 Å². The summed E-state index contributed by atoms with van der Waals surface area (Å²) in [6, 6.07) is 7.19. The molecule has 136 valence electrons. The van der Waals surface area contributed by atoms with Crippen LogP contribution in [0.25, 0.3) is 0 Å². The Kier molecular flexibility index (Phi) is 7.17. The number of ether oxygens (including phenoxy) is 1. The number of benzene rings is 2. The summed E-state index contributed by atoms with van der Waals surface area (Å²) >= 11 is 11.0. The van der Waals surface area contributed by atoms with Gasteiger partial charge in [0.1, 0.15) is 5.75 Å². The maximum Gasteiger partial charge on any atom is 0.312 e. The molecule has 0 saturated heterocycles. The second-order valence-corrected chi connectivity index (χ2v) is 7.29. The maximum atomic E-state index is 11.8. The van der Waals surface area contributed by atoms with Crippen LogP contribution in [0, 0.1) is 13.7 Å². The molecule has 11 heteroatoms. The van der Waals surface area contributed by atoms with Gasteiger partial charge >= 0.3 is 5.69 Å². The highest BCUT2D eigenvalue weighted by atomic mass is 127. The molecule has 0 fully saturated rings. The van der Waals surface area contributed by atoms with E-state index in [1.54, 1.807) is 12.1 Å². The molecule has 0 radical (unpaired) electrons. The molecule has 0 atom stereocenters. The average molecular weight is 555 g/mol. The Balaban J connectivity index is 1.97. The fourth-order valence-corrected chi connectivity index (χ4v) is 3.51. The molecule has 0 heterocycles. The minimum Gasteiger partial charge on any atom is -0.506 e. The number of hydrogen-bond acceptors (Lipinski definition) is 6. The molecule has 0 bridgehead atoms. The number of hydrogen-bond donors (Lipinski definition) is 2. The standard InChI is InChI=1S/C15H10BrClIN3O5/c16-9-3-8(15(23)11(18)4-9)6-19-20-14(22)7-26-13-2-1-10(17)5-12(13)21(24)25/h1-6,23H,7H2,(H,20,22). The quantitative estimate of drug-likeness (QED) is 0.244. The summed E-state index contributed by atoms with van der Waals surface area (Å²) in [7, 11) is 0. The van der Waals surface area contributed by atoms with Crippen molar-refractivity contribution in [3.8, 4) is 11.5 Å². The van der Waals surface area contributed by atoms with Crippen LogP contribution in [0.3, 0.4) is 0 Å². The Hall–Kier alpha value is -1.92. The maximum absolute atomic E-state index is 11.8. The van der Waals surface area contributed by atoms with E-state index in [2.05, 4.69) is 26.5 Å². The molecule has 0 unspecified atom stereocenters. The number of amides is 1. The van der Waals surface area contributed by atoms with E-state index in [-0.39, 0.29) is 22.2 Å². The van der Waals surface area contributed by atoms with Crippen molar-refractivity contribution in [1.29, 1.82) is 0 Å². The van der Waals surface area contributed by atoms with Gasteiger partial charge in [-0.2, -0.15) is 5.10 Å². The minimum atomic E-state index is -0.658. The molecule has 0 aromatic heterocycles. The summed E-state index contributed by atoms with van der Waals surface area (Å²) in [6.07, 6.45) is 1.27. The third-order valence-electron chi connectivity index (χ3n) is 2.93. The van der Waals surface area contributed by atoms with Gasteiger partial charge < -0.3 is 9.84 Å². The molecule has 2 aromatic rings. The molecule has 0 spiro atoms. The largest absolute Gasteiger partial charge is 0.506 e. The second kappa shape index (κ2) is 9.14. The van der Waals surface area contributed by atoms with Gasteiger partial charge in [0.2, 0.25) is 0 Å². The zero-order chi connectivity index (χ0) is 19.3. The minimum absolute atomic E-state index is 0.0276. The van der Waals surface area contributed by atoms with Crippen LogP contribution in [0.15, 0.2) is 39.9 Å². The Labute approximate surface area is 174 Å². The molecule has 8 nitrogen and oxygen atoms in total. The first kappa shape index (κ1) is 20.4. The van der Waals surface area contributed by atoms with Crippen LogP contribution in [0.5, 0.6) is 11.5 Å². The lowest BCUT2D eigenvalue weighted by molar-refractivity contribution is -0.385. The molecule has 26 heavy (non-hydrogen) atoms. The van der Waals surface area contributed by atoms with Gasteiger partial charge in [0.05, 0.1) is 14.7 Å². The first-order valence-electron chi connectivity index (χ1n) is 6.84. The Morgan fingerprint density at radius 3 is 2.88 bits per heavy atom. The van der Waals surface area contributed by atoms with Gasteiger partial charge in [-0.15, -0.1) is 0 Å². The Morgan fingerprint density at radius 2 is 2.19 bits per heavy atom. The third kappa shape index (κ3) is 5.54. The van der Waals surface area contributed by atoms with Crippen molar-refractivity contribution in [1.82, 2.24) is 5.43 Å². The highest BCUT2D eigenvalue weighted by Crippen LogP contribution is 2.30. The SMILES string of the molecule is O=C(COc1ccc(Cl)cc1[N+](=O)[O-])NN=Cc1cc(Br)cc(I)c1O. The third-order valence-corrected chi connectivity index (χ3v) is 4.44. The van der Waals surface area contributed by atoms with Crippen LogP contribution >= 0.6 is 50.1 Å². The van der Waals surface area contributed by atoms with Gasteiger partial charge in [-0.1, -0.05) is 27.5 Å². The lowest BCUT2D eigenvalue weighted by Crippen LogP contribution is -2.24. The molecular weight excluding hydrogens is 544 g/mol. The summed E-state index contributed by atoms with van der Waals surface area (Å²) < 4.78 is 6.49. The van der Waals surface area contributed by atoms with E-state index in [9.17, 15) is 20.0 Å². The second-order valence-electron chi connectivity index (χ2n) is 4.78. The molecular formula is C15H10BrClIN3O5. The fourth-order valence-electron chi connectivity index (χ4n) is 1.79. The van der Waals surface area contributed by atoms with Crippen LogP contribution in [0.4, 0.5) is 5.69 Å². The first-order chi connectivity index (χ1) is 12.3. The summed E-state index contributed by atoms with van der Waals surface area (Å²) in [5.41, 5.74) is 2.26. The number of aromatic hydroxyl groups is 1. The number of carbonyl (C=O) groups excluding carboxylic acids is 1. The van der Waals surface area contributed by atoms with Crippen molar-refractivity contribution in [3.05, 3.63) is 59.1 Å². The van der Waals surface area contributed by atoms with E-state index < -0.39 is 17.4 Å². The summed E-state index contributed by atoms with van der Waals surface area (Å²) in [4.78, 5) is 22.0. The van der Waals surface area contributed by atoms with Gasteiger partial charge in [0, 0.05) is 21.1 Å². The monoisotopic (exact) mass is 553 g/mol. The van der Waals surface area contributed by atoms with E-state index in [1.165, 1.54) is 18.3 Å². The van der Waals surface area contributed by atoms with Crippen molar-refractivity contribution >= 4 is 67.9 Å². The zero-order valence-corrected chi connectivity index (χ0v) is 17.3. The number of phenols is 1. The highest BCUT2D eigenvalue weighted by molar-refractivity contribution is 14.1. The molecule has 1 amide bonds. The van der Waals surface area contributed by atoms with E-state index in [0.717, 1.165) is 10.5 Å². The fraction of sp³-hybridized carbons (Fsp3) is 0.0667. The number of nitrogens with zero attached hydrogens (tertiary/aromatic N) is 2. The lowest BCUT2D eigenvalue weighted by atomic mass is 10.2. The molecule has 0 aliphatic rings. The van der Waals surface area contributed by atoms with Crippen molar-refractivity contribution in [3.63, 3.8) is 0 Å². The number of nitro groups is 1. The highest BCUT2D eigenvalue weighted by Gasteiger charge is 2.16. The van der Waals surface area contributed by atoms with Crippen molar-refractivity contribution in [2.45, 2.75) is 0 Å². The van der Waals surface area contributed by atoms with Gasteiger partial charge in [0.25, 0.3) is 5.91 Å². The van der Waals surface area contributed by atoms with Crippen LogP contribution in [0.2, 0.25) is 5.02 Å². The van der Waals surface area contributed by atoms with E-state index in [0.29, 0.717) is 9.13 Å². The first-order valence-corrected chi connectivity index (χ1v) is 9.09. The van der Waals surface area contributed by atoms with E-state index in [4.69, 9.17) is 16.3 Å². The number of halogens is 3. The van der Waals surface area contributed by atoms with Gasteiger partial charge in [0.15, 0.2) is 12.4 Å². The van der Waals surface area contributed by atoms with E-state index in [1.807, 2.05) is 22.6 Å². The molecule has 2 N–H and O–H groups in total. The number of nitrogens with one attached hydrogen (secondary N) is 1. The number of carbonyl (C=O) groups is 1. The van der Waals surface area contributed by atoms with Gasteiger partial charge in [-0.05, 0) is 46.9 Å². The predicted molar refractivity (Wildman–Crippen MR) is 108 cm³/mol. The normalized spacial score (nSPS) is 10.7. The van der Waals surface area contributed by atoms with Crippen molar-refractivity contribution in [2.24, 2.45) is 5.10 Å². The van der Waals surface area contributed by atoms with Crippen molar-refractivity contribution < 1.29 is 19.6 Å². The summed E-state index contributed by atoms with van der Waals surface area (Å²) in [6.45, 7) is -0.484. The summed E-state index contributed by atoms with van der Waals surface area (Å²) in [5.74, 6) is -0.688. The Bertz CT molecular complexity index is 894. The Morgan fingerprint density at radius 1 is 1.46 bits per heavy atom. The average Bonchev–Trinajstić information content (AvgIpc) is 2.57. The number of nitro benzene ring substituents is 1. The van der Waals surface area contributed by atoms with Crippen LogP contribution in [-0.4, -0.2) is 28.8 Å². The molecule has 0 aliphatic carbocycles. The lowest BCUT2D eigenvalue weighted by Gasteiger charge is -2.06. The molecule has 0 aliphatic heterocycles. The number of rotatable bonds is 6. The topological polar surface area (TPSA) is 114 Å². The van der Waals surface area contributed by atoms with E-state index >= 15 is 0 Å². The molecule has 0 saturated carbocycles. The number of hydrazone groups is 1. The van der Waals surface area contributed by atoms with Crippen LogP contribution in [0.1, 0.15) is 5.56 Å². The van der Waals surface area contributed by atoms with Crippen LogP contribution < -0.4 is 10.2 Å². The van der Waals surface area contributed by atoms with Gasteiger partial charge in [-0.25, -0.2) is 5.43 Å². The zero-order valence-electron chi connectivity index (χ0n) is 12.8. The van der Waals surface area contributed by atoms with Crippen molar-refractivity contribution in [2.75, 3.05) is 6.61 Å². The number of phenolic OH excluding ortho intramolecular Hbond substituents is 1. The smallest absolute Gasteiger partial charge is 0.312 e. The molecule has 2 aromatic carbocycles. The molecule has 2 rings (SSSR count).